The van der Waals surface area contributed by atoms with Crippen LogP contribution < -0.4 is 5.32 Å². The lowest BCUT2D eigenvalue weighted by atomic mass is 9.87. The molecule has 6 heteroatoms. The molecule has 0 saturated carbocycles. The van der Waals surface area contributed by atoms with Gasteiger partial charge in [0.15, 0.2) is 5.96 Å². The molecule has 1 spiro atoms. The van der Waals surface area contributed by atoms with Crippen molar-refractivity contribution in [2.24, 2.45) is 17.5 Å². The van der Waals surface area contributed by atoms with Gasteiger partial charge in [0.1, 0.15) is 5.82 Å². The van der Waals surface area contributed by atoms with E-state index in [9.17, 15) is 0 Å². The third-order valence-electron chi connectivity index (χ3n) is 5.42. The molecular formula is C18H25N5O. The van der Waals surface area contributed by atoms with Gasteiger partial charge in [0, 0.05) is 39.2 Å². The number of aliphatic imine (C=N–C) groups is 1. The molecule has 2 fully saturated rings. The van der Waals surface area contributed by atoms with Crippen molar-refractivity contribution in [3.05, 3.63) is 30.1 Å². The summed E-state index contributed by atoms with van der Waals surface area (Å²) in [5.74, 6) is 1.99. The first-order chi connectivity index (χ1) is 11.7. The monoisotopic (exact) mass is 327 g/mol. The van der Waals surface area contributed by atoms with Crippen LogP contribution >= 0.6 is 0 Å². The van der Waals surface area contributed by atoms with Crippen molar-refractivity contribution in [3.63, 3.8) is 0 Å². The quantitative estimate of drug-likeness (QED) is 0.675. The summed E-state index contributed by atoms with van der Waals surface area (Å²) in [4.78, 5) is 11.6. The summed E-state index contributed by atoms with van der Waals surface area (Å²) >= 11 is 0. The van der Waals surface area contributed by atoms with Gasteiger partial charge >= 0.3 is 0 Å². The van der Waals surface area contributed by atoms with Gasteiger partial charge in [0.2, 0.25) is 0 Å². The summed E-state index contributed by atoms with van der Waals surface area (Å²) in [6.45, 7) is 4.56. The van der Waals surface area contributed by atoms with Gasteiger partial charge in [-0.15, -0.1) is 0 Å². The molecule has 1 N–H and O–H groups in total. The second-order valence-electron chi connectivity index (χ2n) is 6.95. The maximum Gasteiger partial charge on any atom is 0.194 e. The van der Waals surface area contributed by atoms with E-state index < -0.39 is 0 Å². The topological polar surface area (TPSA) is 54.7 Å². The average Bonchev–Trinajstić information content (AvgIpc) is 3.31. The predicted octanol–water partition coefficient (Wildman–Crippen LogP) is 1.76. The van der Waals surface area contributed by atoms with Gasteiger partial charge in [-0.05, 0) is 25.0 Å². The molecule has 2 aliphatic heterocycles. The van der Waals surface area contributed by atoms with Crippen LogP contribution in [0, 0.1) is 5.41 Å². The number of ether oxygens (including phenoxy) is 1. The number of nitrogens with zero attached hydrogens (tertiary/aromatic N) is 4. The fourth-order valence-electron chi connectivity index (χ4n) is 3.93. The van der Waals surface area contributed by atoms with Crippen LogP contribution in [0.15, 0.2) is 29.3 Å². The lowest BCUT2D eigenvalue weighted by molar-refractivity contribution is 0.156. The third kappa shape index (κ3) is 2.65. The van der Waals surface area contributed by atoms with Crippen LogP contribution in [0.25, 0.3) is 11.0 Å². The Morgan fingerprint density at radius 2 is 2.25 bits per heavy atom. The number of likely N-dealkylation sites (tertiary alicyclic amines) is 1. The molecule has 3 heterocycles. The summed E-state index contributed by atoms with van der Waals surface area (Å²) < 4.78 is 7.77. The lowest BCUT2D eigenvalue weighted by Crippen LogP contribution is -2.41. The standard InChI is InChI=1S/C18H25N5O/c1-19-17(23-9-7-18(12-23)8-10-24-13-18)20-11-16-21-14-5-3-4-6-15(14)22(16)2/h3-6H,7-13H2,1-2H3,(H,19,20). The second kappa shape index (κ2) is 6.09. The summed E-state index contributed by atoms with van der Waals surface area (Å²) in [5, 5.41) is 3.49. The van der Waals surface area contributed by atoms with E-state index in [1.54, 1.807) is 0 Å². The fourth-order valence-corrected chi connectivity index (χ4v) is 3.93. The van der Waals surface area contributed by atoms with Crippen LogP contribution in [-0.4, -0.2) is 53.8 Å². The molecule has 2 aliphatic rings. The van der Waals surface area contributed by atoms with E-state index in [0.717, 1.165) is 49.1 Å². The Morgan fingerprint density at radius 1 is 1.38 bits per heavy atom. The van der Waals surface area contributed by atoms with Crippen molar-refractivity contribution in [3.8, 4) is 0 Å². The Bertz CT molecular complexity index is 760. The van der Waals surface area contributed by atoms with Crippen LogP contribution in [0.5, 0.6) is 0 Å². The highest BCUT2D eigenvalue weighted by Crippen LogP contribution is 2.38. The molecule has 1 aromatic carbocycles. The number of guanidine groups is 1. The molecule has 0 aliphatic carbocycles. The summed E-state index contributed by atoms with van der Waals surface area (Å²) in [5.41, 5.74) is 2.54. The van der Waals surface area contributed by atoms with E-state index in [1.165, 1.54) is 12.8 Å². The van der Waals surface area contributed by atoms with Crippen molar-refractivity contribution in [1.82, 2.24) is 19.8 Å². The molecular weight excluding hydrogens is 302 g/mol. The predicted molar refractivity (Wildman–Crippen MR) is 95.0 cm³/mol. The van der Waals surface area contributed by atoms with Gasteiger partial charge in [-0.1, -0.05) is 12.1 Å². The minimum Gasteiger partial charge on any atom is -0.381 e. The first-order valence-corrected chi connectivity index (χ1v) is 8.64. The minimum absolute atomic E-state index is 0.343. The highest BCUT2D eigenvalue weighted by Gasteiger charge is 2.42. The number of para-hydroxylation sites is 2. The molecule has 4 rings (SSSR count). The van der Waals surface area contributed by atoms with E-state index in [2.05, 4.69) is 39.0 Å². The van der Waals surface area contributed by atoms with Gasteiger partial charge in [-0.25, -0.2) is 4.98 Å². The van der Waals surface area contributed by atoms with Crippen molar-refractivity contribution < 1.29 is 4.74 Å². The maximum atomic E-state index is 5.62. The Morgan fingerprint density at radius 3 is 3.00 bits per heavy atom. The third-order valence-corrected chi connectivity index (χ3v) is 5.42. The van der Waals surface area contributed by atoms with E-state index in [0.29, 0.717) is 12.0 Å². The molecule has 1 atom stereocenters. The first kappa shape index (κ1) is 15.4. The molecule has 6 nitrogen and oxygen atoms in total. The number of imidazole rings is 1. The zero-order valence-electron chi connectivity index (χ0n) is 14.5. The van der Waals surface area contributed by atoms with Gasteiger partial charge in [0.25, 0.3) is 0 Å². The molecule has 2 aromatic rings. The lowest BCUT2D eigenvalue weighted by Gasteiger charge is -2.24. The summed E-state index contributed by atoms with van der Waals surface area (Å²) in [7, 11) is 3.92. The Balaban J connectivity index is 1.45. The van der Waals surface area contributed by atoms with E-state index in [-0.39, 0.29) is 0 Å². The highest BCUT2D eigenvalue weighted by molar-refractivity contribution is 5.80. The van der Waals surface area contributed by atoms with E-state index >= 15 is 0 Å². The number of hydrogen-bond acceptors (Lipinski definition) is 3. The smallest absolute Gasteiger partial charge is 0.194 e. The molecule has 0 radical (unpaired) electrons. The summed E-state index contributed by atoms with van der Waals surface area (Å²) in [6.07, 6.45) is 2.37. The molecule has 128 valence electrons. The fraction of sp³-hybridized carbons (Fsp3) is 0.556. The Hall–Kier alpha value is -2.08. The van der Waals surface area contributed by atoms with Crippen molar-refractivity contribution in [2.45, 2.75) is 19.4 Å². The van der Waals surface area contributed by atoms with Gasteiger partial charge in [0.05, 0.1) is 24.2 Å². The number of rotatable bonds is 2. The zero-order chi connectivity index (χ0) is 16.6. The Kier molecular flexibility index (Phi) is 3.92. The zero-order valence-corrected chi connectivity index (χ0v) is 14.5. The number of aromatic nitrogens is 2. The van der Waals surface area contributed by atoms with E-state index in [4.69, 9.17) is 9.72 Å². The number of fused-ring (bicyclic) bond motifs is 1. The van der Waals surface area contributed by atoms with Crippen LogP contribution in [0.4, 0.5) is 0 Å². The van der Waals surface area contributed by atoms with Gasteiger partial charge in [-0.2, -0.15) is 0 Å². The van der Waals surface area contributed by atoms with Crippen molar-refractivity contribution in [2.75, 3.05) is 33.4 Å². The Labute approximate surface area is 142 Å². The maximum absolute atomic E-state index is 5.62. The summed E-state index contributed by atoms with van der Waals surface area (Å²) in [6, 6.07) is 8.23. The van der Waals surface area contributed by atoms with Crippen LogP contribution in [0.2, 0.25) is 0 Å². The SMILES string of the molecule is CN=C(NCc1nc2ccccc2n1C)N1CCC2(CCOC2)C1. The van der Waals surface area contributed by atoms with Crippen molar-refractivity contribution in [1.29, 1.82) is 0 Å². The number of benzene rings is 1. The van der Waals surface area contributed by atoms with Gasteiger partial charge < -0.3 is 19.5 Å². The molecule has 24 heavy (non-hydrogen) atoms. The minimum atomic E-state index is 0.343. The molecule has 0 bridgehead atoms. The molecule has 0 amide bonds. The first-order valence-electron chi connectivity index (χ1n) is 8.64. The molecule has 1 aromatic heterocycles. The van der Waals surface area contributed by atoms with E-state index in [1.807, 2.05) is 19.2 Å². The van der Waals surface area contributed by atoms with Crippen LogP contribution in [0.3, 0.4) is 0 Å². The molecule has 2 saturated heterocycles. The van der Waals surface area contributed by atoms with Crippen molar-refractivity contribution >= 4 is 17.0 Å². The number of nitrogens with one attached hydrogen (secondary N) is 1. The number of aryl methyl sites for hydroxylation is 1. The normalized spacial score (nSPS) is 24.4. The molecule has 1 unspecified atom stereocenters. The average molecular weight is 327 g/mol. The van der Waals surface area contributed by atoms with Crippen LogP contribution in [-0.2, 0) is 18.3 Å². The number of hydrogen-bond donors (Lipinski definition) is 1. The second-order valence-corrected chi connectivity index (χ2v) is 6.95. The van der Waals surface area contributed by atoms with Gasteiger partial charge in [-0.3, -0.25) is 4.99 Å². The largest absolute Gasteiger partial charge is 0.381 e. The highest BCUT2D eigenvalue weighted by atomic mass is 16.5. The van der Waals surface area contributed by atoms with Crippen LogP contribution in [0.1, 0.15) is 18.7 Å².